The highest BCUT2D eigenvalue weighted by Gasteiger charge is 2.26. The lowest BCUT2D eigenvalue weighted by molar-refractivity contribution is -0.415. The maximum absolute atomic E-state index is 14.0. The van der Waals surface area contributed by atoms with Crippen molar-refractivity contribution in [1.82, 2.24) is 5.48 Å². The van der Waals surface area contributed by atoms with Crippen molar-refractivity contribution in [2.45, 2.75) is 0 Å². The molecule has 0 radical (unpaired) electrons. The number of carbonyl (C=O) groups is 2. The van der Waals surface area contributed by atoms with Crippen LogP contribution >= 0.6 is 0 Å². The van der Waals surface area contributed by atoms with Crippen LogP contribution in [-0.2, 0) is 4.79 Å². The van der Waals surface area contributed by atoms with Gasteiger partial charge in [-0.1, -0.05) is 6.07 Å². The fourth-order valence-electron chi connectivity index (χ4n) is 2.70. The highest BCUT2D eigenvalue weighted by Crippen LogP contribution is 2.38. The second-order valence-electron chi connectivity index (χ2n) is 6.12. The Hall–Kier alpha value is -4.25. The number of rotatable bonds is 9. The molecule has 2 aromatic carbocycles. The largest absolute Gasteiger partial charge is 0.493 e. The SMILES string of the molecule is COc1cc(C(=O)/C(=C\c2ccc(F)c(/C=C/C(=O)NO)c2)[N+](=O)[O-])cc(OC)c1OC. The van der Waals surface area contributed by atoms with Gasteiger partial charge in [0.1, 0.15) is 5.82 Å². The number of carbonyl (C=O) groups excluding carboxylic acids is 2. The van der Waals surface area contributed by atoms with E-state index >= 15 is 0 Å². The van der Waals surface area contributed by atoms with Crippen LogP contribution < -0.4 is 19.7 Å². The van der Waals surface area contributed by atoms with Crippen molar-refractivity contribution < 1.29 is 38.3 Å². The van der Waals surface area contributed by atoms with Gasteiger partial charge >= 0.3 is 5.70 Å². The zero-order valence-corrected chi connectivity index (χ0v) is 17.2. The first-order valence-corrected chi connectivity index (χ1v) is 8.88. The molecule has 1 amide bonds. The van der Waals surface area contributed by atoms with Gasteiger partial charge in [0.05, 0.1) is 26.3 Å². The smallest absolute Gasteiger partial charge is 0.317 e. The van der Waals surface area contributed by atoms with Gasteiger partial charge in [0.2, 0.25) is 5.75 Å². The normalized spacial score (nSPS) is 11.2. The van der Waals surface area contributed by atoms with Crippen molar-refractivity contribution >= 4 is 23.8 Å². The number of hydroxylamine groups is 1. The van der Waals surface area contributed by atoms with Gasteiger partial charge in [-0.15, -0.1) is 0 Å². The lowest BCUT2D eigenvalue weighted by Crippen LogP contribution is -2.14. The molecule has 0 aliphatic carbocycles. The molecule has 0 bridgehead atoms. The van der Waals surface area contributed by atoms with Gasteiger partial charge in [-0.05, 0) is 35.9 Å². The molecule has 0 saturated carbocycles. The number of Topliss-reactive ketones (excluding diaryl/α,β-unsaturated/α-hetero) is 1. The summed E-state index contributed by atoms with van der Waals surface area (Å²) in [5, 5.41) is 20.1. The van der Waals surface area contributed by atoms with Crippen LogP contribution in [0.25, 0.3) is 12.2 Å². The van der Waals surface area contributed by atoms with Crippen LogP contribution in [0, 0.1) is 15.9 Å². The summed E-state index contributed by atoms with van der Waals surface area (Å²) >= 11 is 0. The molecular formula is C21H19FN2O8. The van der Waals surface area contributed by atoms with Gasteiger partial charge in [0.15, 0.2) is 11.5 Å². The van der Waals surface area contributed by atoms with Gasteiger partial charge < -0.3 is 14.2 Å². The average molecular weight is 446 g/mol. The molecule has 10 nitrogen and oxygen atoms in total. The van der Waals surface area contributed by atoms with Crippen molar-refractivity contribution in [3.8, 4) is 17.2 Å². The molecule has 0 aliphatic rings. The van der Waals surface area contributed by atoms with E-state index < -0.39 is 28.1 Å². The van der Waals surface area contributed by atoms with Crippen LogP contribution in [0.2, 0.25) is 0 Å². The highest BCUT2D eigenvalue weighted by atomic mass is 19.1. The van der Waals surface area contributed by atoms with Crippen LogP contribution in [0.4, 0.5) is 4.39 Å². The third-order valence-electron chi connectivity index (χ3n) is 4.20. The highest BCUT2D eigenvalue weighted by molar-refractivity contribution is 6.10. The van der Waals surface area contributed by atoms with Gasteiger partial charge in [0.25, 0.3) is 11.7 Å². The second-order valence-corrected chi connectivity index (χ2v) is 6.12. The molecule has 0 saturated heterocycles. The van der Waals surface area contributed by atoms with Crippen LogP contribution in [0.3, 0.4) is 0 Å². The molecule has 0 unspecified atom stereocenters. The van der Waals surface area contributed by atoms with Crippen molar-refractivity contribution in [2.75, 3.05) is 21.3 Å². The topological polar surface area (TPSA) is 137 Å². The van der Waals surface area contributed by atoms with E-state index in [1.54, 1.807) is 0 Å². The van der Waals surface area contributed by atoms with E-state index in [0.717, 1.165) is 24.3 Å². The summed E-state index contributed by atoms with van der Waals surface area (Å²) in [4.78, 5) is 34.7. The zero-order chi connectivity index (χ0) is 23.8. The minimum absolute atomic E-state index is 0.0923. The molecule has 0 heterocycles. The van der Waals surface area contributed by atoms with Crippen LogP contribution in [0.1, 0.15) is 21.5 Å². The Labute approximate surface area is 181 Å². The van der Waals surface area contributed by atoms with E-state index in [-0.39, 0.29) is 33.9 Å². The summed E-state index contributed by atoms with van der Waals surface area (Å²) in [6.07, 6.45) is 2.89. The molecule has 0 fully saturated rings. The van der Waals surface area contributed by atoms with Gasteiger partial charge in [0, 0.05) is 23.3 Å². The van der Waals surface area contributed by atoms with E-state index in [9.17, 15) is 24.1 Å². The molecular weight excluding hydrogens is 427 g/mol. The monoisotopic (exact) mass is 446 g/mol. The third kappa shape index (κ3) is 5.46. The Morgan fingerprint density at radius 3 is 2.22 bits per heavy atom. The number of nitro groups is 1. The number of amides is 1. The average Bonchev–Trinajstić information content (AvgIpc) is 2.80. The summed E-state index contributed by atoms with van der Waals surface area (Å²) in [6.45, 7) is 0. The van der Waals surface area contributed by atoms with E-state index in [0.29, 0.717) is 0 Å². The Morgan fingerprint density at radius 2 is 1.72 bits per heavy atom. The van der Waals surface area contributed by atoms with Crippen LogP contribution in [0.15, 0.2) is 42.1 Å². The summed E-state index contributed by atoms with van der Waals surface area (Å²) in [6, 6.07) is 5.98. The summed E-state index contributed by atoms with van der Waals surface area (Å²) in [5.41, 5.74) is 0.498. The number of ketones is 1. The number of nitrogens with one attached hydrogen (secondary N) is 1. The van der Waals surface area contributed by atoms with Crippen molar-refractivity contribution in [1.29, 1.82) is 0 Å². The molecule has 32 heavy (non-hydrogen) atoms. The number of nitrogens with zero attached hydrogens (tertiary/aromatic N) is 1. The minimum atomic E-state index is -0.949. The predicted octanol–water partition coefficient (Wildman–Crippen LogP) is 2.87. The molecule has 2 rings (SSSR count). The Balaban J connectivity index is 2.53. The minimum Gasteiger partial charge on any atom is -0.493 e. The van der Waals surface area contributed by atoms with Crippen LogP contribution in [-0.4, -0.2) is 43.2 Å². The lowest BCUT2D eigenvalue weighted by Gasteiger charge is -2.13. The third-order valence-corrected chi connectivity index (χ3v) is 4.20. The number of benzene rings is 2. The zero-order valence-electron chi connectivity index (χ0n) is 17.2. The Bertz CT molecular complexity index is 1090. The van der Waals surface area contributed by atoms with Crippen LogP contribution in [0.5, 0.6) is 17.2 Å². The fourth-order valence-corrected chi connectivity index (χ4v) is 2.70. The first-order valence-electron chi connectivity index (χ1n) is 8.88. The maximum Gasteiger partial charge on any atom is 0.317 e. The number of ether oxygens (including phenoxy) is 3. The predicted molar refractivity (Wildman–Crippen MR) is 111 cm³/mol. The van der Waals surface area contributed by atoms with Crippen molar-refractivity contribution in [2.24, 2.45) is 0 Å². The second kappa shape index (κ2) is 10.7. The Morgan fingerprint density at radius 1 is 1.09 bits per heavy atom. The van der Waals surface area contributed by atoms with E-state index in [2.05, 4.69) is 0 Å². The Kier molecular flexibility index (Phi) is 8.02. The lowest BCUT2D eigenvalue weighted by atomic mass is 10.0. The molecule has 0 aromatic heterocycles. The van der Waals surface area contributed by atoms with E-state index in [1.165, 1.54) is 51.1 Å². The number of hydrogen-bond acceptors (Lipinski definition) is 8. The molecule has 2 N–H and O–H groups in total. The molecule has 0 aliphatic heterocycles. The molecule has 0 spiro atoms. The standard InChI is InChI=1S/C21H19FN2O8/c1-30-17-10-14(11-18(31-2)21(17)32-3)20(26)16(24(28)29)9-12-4-6-15(22)13(8-12)5-7-19(25)23-27/h4-11,27H,1-3H3,(H,23,25)/b7-5+,16-9+. The van der Waals surface area contributed by atoms with Gasteiger partial charge in [-0.3, -0.25) is 24.9 Å². The maximum atomic E-state index is 14.0. The number of halogens is 1. The van der Waals surface area contributed by atoms with E-state index in [1.807, 2.05) is 0 Å². The molecule has 2 aromatic rings. The number of hydrogen-bond donors (Lipinski definition) is 2. The summed E-state index contributed by atoms with van der Waals surface area (Å²) in [5.74, 6) is -2.09. The number of methoxy groups -OCH3 is 3. The summed E-state index contributed by atoms with van der Waals surface area (Å²) in [7, 11) is 4.04. The van der Waals surface area contributed by atoms with Crippen molar-refractivity contribution in [3.05, 3.63) is 74.7 Å². The fraction of sp³-hybridized carbons (Fsp3) is 0.143. The molecule has 11 heteroatoms. The van der Waals surface area contributed by atoms with E-state index in [4.69, 9.17) is 19.4 Å². The summed E-state index contributed by atoms with van der Waals surface area (Å²) < 4.78 is 29.5. The molecule has 0 atom stereocenters. The first kappa shape index (κ1) is 24.0. The van der Waals surface area contributed by atoms with Gasteiger partial charge in [-0.25, -0.2) is 9.87 Å². The van der Waals surface area contributed by atoms with Gasteiger partial charge in [-0.2, -0.15) is 0 Å². The number of allylic oxidation sites excluding steroid dienone is 1. The first-order chi connectivity index (χ1) is 15.2. The quantitative estimate of drug-likeness (QED) is 0.197. The molecule has 168 valence electrons. The van der Waals surface area contributed by atoms with Crippen molar-refractivity contribution in [3.63, 3.8) is 0 Å².